The summed E-state index contributed by atoms with van der Waals surface area (Å²) in [7, 11) is 0. The molecular formula is C24H19F2N3O3. The Morgan fingerprint density at radius 3 is 2.25 bits per heavy atom. The Bertz CT molecular complexity index is 1130. The van der Waals surface area contributed by atoms with Gasteiger partial charge in [0.05, 0.1) is 11.7 Å². The first-order valence-corrected chi connectivity index (χ1v) is 9.89. The summed E-state index contributed by atoms with van der Waals surface area (Å²) in [6.45, 7) is -0.614. The van der Waals surface area contributed by atoms with E-state index in [0.29, 0.717) is 12.5 Å². The van der Waals surface area contributed by atoms with E-state index in [4.69, 9.17) is 4.74 Å². The molecule has 6 nitrogen and oxygen atoms in total. The average Bonchev–Trinajstić information content (AvgIpc) is 3.24. The van der Waals surface area contributed by atoms with E-state index in [9.17, 15) is 18.4 Å². The molecule has 4 rings (SSSR count). The molecule has 1 amide bonds. The summed E-state index contributed by atoms with van der Waals surface area (Å²) in [5.74, 6) is -3.11. The van der Waals surface area contributed by atoms with Gasteiger partial charge >= 0.3 is 5.97 Å². The second kappa shape index (κ2) is 9.38. The highest BCUT2D eigenvalue weighted by atomic mass is 19.1. The molecule has 1 N–H and O–H groups in total. The van der Waals surface area contributed by atoms with E-state index in [1.54, 1.807) is 5.01 Å². The van der Waals surface area contributed by atoms with Crippen LogP contribution in [-0.4, -0.2) is 24.2 Å². The molecule has 1 aliphatic rings. The molecule has 0 spiro atoms. The Labute approximate surface area is 183 Å². The lowest BCUT2D eigenvalue weighted by Gasteiger charge is -2.23. The maximum atomic E-state index is 13.3. The number of carbonyl (C=O) groups is 2. The Balaban J connectivity index is 1.44. The molecule has 0 aliphatic carbocycles. The van der Waals surface area contributed by atoms with Crippen molar-refractivity contribution in [1.82, 2.24) is 0 Å². The molecule has 1 unspecified atom stereocenters. The number of rotatable bonds is 6. The Kier molecular flexibility index (Phi) is 6.21. The van der Waals surface area contributed by atoms with E-state index in [2.05, 4.69) is 10.4 Å². The Morgan fingerprint density at radius 2 is 1.59 bits per heavy atom. The van der Waals surface area contributed by atoms with E-state index in [0.717, 1.165) is 23.4 Å². The van der Waals surface area contributed by atoms with Gasteiger partial charge in [-0.15, -0.1) is 0 Å². The van der Waals surface area contributed by atoms with Gasteiger partial charge in [-0.05, 0) is 29.8 Å². The standard InChI is InChI=1S/C24H19F2N3O3/c25-17-11-18(26)13-19(12-17)27-23(30)15-32-24(31)21-14-22(16-7-3-1-4-8-16)29(28-21)20-9-5-2-6-10-20/h1-13,22H,14-15H2,(H,27,30). The van der Waals surface area contributed by atoms with Crippen molar-refractivity contribution in [2.45, 2.75) is 12.5 Å². The minimum absolute atomic E-state index is 0.0684. The fourth-order valence-corrected chi connectivity index (χ4v) is 3.42. The van der Waals surface area contributed by atoms with Crippen molar-refractivity contribution in [1.29, 1.82) is 0 Å². The summed E-state index contributed by atoms with van der Waals surface area (Å²) in [5, 5.41) is 8.49. The highest BCUT2D eigenvalue weighted by Crippen LogP contribution is 2.35. The Hall–Kier alpha value is -4.07. The quantitative estimate of drug-likeness (QED) is 0.581. The number of hydrogen-bond acceptors (Lipinski definition) is 5. The third-order valence-electron chi connectivity index (χ3n) is 4.83. The van der Waals surface area contributed by atoms with Crippen LogP contribution in [0.3, 0.4) is 0 Å². The number of carbonyl (C=O) groups excluding carboxylic acids is 2. The van der Waals surface area contributed by atoms with E-state index in [-0.39, 0.29) is 17.4 Å². The highest BCUT2D eigenvalue weighted by molar-refractivity contribution is 6.37. The van der Waals surface area contributed by atoms with E-state index >= 15 is 0 Å². The molecule has 8 heteroatoms. The number of anilines is 2. The lowest BCUT2D eigenvalue weighted by atomic mass is 10.0. The van der Waals surface area contributed by atoms with Crippen LogP contribution in [0.15, 0.2) is 84.0 Å². The summed E-state index contributed by atoms with van der Waals surface area (Å²) in [4.78, 5) is 24.6. The fourth-order valence-electron chi connectivity index (χ4n) is 3.42. The van der Waals surface area contributed by atoms with Gasteiger partial charge in [-0.1, -0.05) is 48.5 Å². The summed E-state index contributed by atoms with van der Waals surface area (Å²) in [5.41, 5.74) is 1.90. The van der Waals surface area contributed by atoms with E-state index < -0.39 is 30.1 Å². The van der Waals surface area contributed by atoms with Gasteiger partial charge in [-0.3, -0.25) is 9.80 Å². The predicted molar refractivity (Wildman–Crippen MR) is 116 cm³/mol. The van der Waals surface area contributed by atoms with Gasteiger partial charge in [0, 0.05) is 18.2 Å². The van der Waals surface area contributed by atoms with Gasteiger partial charge in [0.15, 0.2) is 6.61 Å². The molecule has 162 valence electrons. The first-order chi connectivity index (χ1) is 15.5. The van der Waals surface area contributed by atoms with Crippen molar-refractivity contribution in [3.63, 3.8) is 0 Å². The number of nitrogens with zero attached hydrogens (tertiary/aromatic N) is 2. The zero-order chi connectivity index (χ0) is 22.5. The largest absolute Gasteiger partial charge is 0.451 e. The maximum Gasteiger partial charge on any atom is 0.355 e. The van der Waals surface area contributed by atoms with Crippen LogP contribution in [-0.2, 0) is 14.3 Å². The number of esters is 1. The van der Waals surface area contributed by atoms with E-state index in [1.807, 2.05) is 60.7 Å². The number of hydrogen-bond donors (Lipinski definition) is 1. The minimum atomic E-state index is -0.828. The van der Waals surface area contributed by atoms with Crippen LogP contribution in [0.5, 0.6) is 0 Å². The van der Waals surface area contributed by atoms with Crippen LogP contribution < -0.4 is 10.3 Å². The van der Waals surface area contributed by atoms with Gasteiger partial charge in [-0.25, -0.2) is 13.6 Å². The van der Waals surface area contributed by atoms with Gasteiger partial charge in [0.1, 0.15) is 17.3 Å². The maximum absolute atomic E-state index is 13.3. The predicted octanol–water partition coefficient (Wildman–Crippen LogP) is 4.45. The third kappa shape index (κ3) is 4.97. The second-order valence-electron chi connectivity index (χ2n) is 7.14. The molecule has 32 heavy (non-hydrogen) atoms. The number of amides is 1. The summed E-state index contributed by atoms with van der Waals surface area (Å²) < 4.78 is 31.6. The molecule has 0 bridgehead atoms. The smallest absolute Gasteiger partial charge is 0.355 e. The topological polar surface area (TPSA) is 71.0 Å². The van der Waals surface area contributed by atoms with Crippen molar-refractivity contribution >= 4 is 29.0 Å². The number of hydrazone groups is 1. The molecule has 0 fully saturated rings. The first-order valence-electron chi connectivity index (χ1n) is 9.89. The number of benzene rings is 3. The fraction of sp³-hybridized carbons (Fsp3) is 0.125. The monoisotopic (exact) mass is 435 g/mol. The first kappa shape index (κ1) is 21.2. The zero-order valence-electron chi connectivity index (χ0n) is 16.9. The number of nitrogens with one attached hydrogen (secondary N) is 1. The zero-order valence-corrected chi connectivity index (χ0v) is 16.9. The molecule has 3 aromatic carbocycles. The summed E-state index contributed by atoms with van der Waals surface area (Å²) >= 11 is 0. The van der Waals surface area contributed by atoms with Crippen LogP contribution in [0.25, 0.3) is 0 Å². The normalized spacial score (nSPS) is 15.2. The van der Waals surface area contributed by atoms with E-state index in [1.165, 1.54) is 0 Å². The molecule has 0 radical (unpaired) electrons. The lowest BCUT2D eigenvalue weighted by molar-refractivity contribution is -0.140. The lowest BCUT2D eigenvalue weighted by Crippen LogP contribution is -2.24. The summed E-state index contributed by atoms with van der Waals surface area (Å²) in [6, 6.07) is 21.5. The minimum Gasteiger partial charge on any atom is -0.451 e. The Morgan fingerprint density at radius 1 is 0.969 bits per heavy atom. The number of para-hydroxylation sites is 1. The molecule has 1 heterocycles. The van der Waals surface area contributed by atoms with Crippen LogP contribution in [0.1, 0.15) is 18.0 Å². The average molecular weight is 435 g/mol. The van der Waals surface area contributed by atoms with Gasteiger partial charge in [0.2, 0.25) is 0 Å². The number of halogens is 2. The molecule has 0 saturated heterocycles. The van der Waals surface area contributed by atoms with Gasteiger partial charge < -0.3 is 10.1 Å². The van der Waals surface area contributed by atoms with Gasteiger partial charge in [-0.2, -0.15) is 5.10 Å². The third-order valence-corrected chi connectivity index (χ3v) is 4.83. The molecule has 0 saturated carbocycles. The van der Waals surface area contributed by atoms with Crippen LogP contribution in [0, 0.1) is 11.6 Å². The second-order valence-corrected chi connectivity index (χ2v) is 7.14. The highest BCUT2D eigenvalue weighted by Gasteiger charge is 2.33. The van der Waals surface area contributed by atoms with Crippen molar-refractivity contribution < 1.29 is 23.1 Å². The molecule has 3 aromatic rings. The van der Waals surface area contributed by atoms with Crippen molar-refractivity contribution in [3.8, 4) is 0 Å². The van der Waals surface area contributed by atoms with Crippen LogP contribution in [0.4, 0.5) is 20.2 Å². The molecule has 1 atom stereocenters. The van der Waals surface area contributed by atoms with Crippen molar-refractivity contribution in [2.24, 2.45) is 5.10 Å². The van der Waals surface area contributed by atoms with Crippen molar-refractivity contribution in [2.75, 3.05) is 16.9 Å². The number of ether oxygens (including phenoxy) is 1. The van der Waals surface area contributed by atoms with Gasteiger partial charge in [0.25, 0.3) is 5.91 Å². The molecular weight excluding hydrogens is 416 g/mol. The van der Waals surface area contributed by atoms with Crippen molar-refractivity contribution in [3.05, 3.63) is 96.1 Å². The summed E-state index contributed by atoms with van der Waals surface area (Å²) in [6.07, 6.45) is 0.300. The SMILES string of the molecule is O=C(COC(=O)C1=NN(c2ccccc2)C(c2ccccc2)C1)Nc1cc(F)cc(F)c1. The van der Waals surface area contributed by atoms with Crippen LogP contribution >= 0.6 is 0 Å². The van der Waals surface area contributed by atoms with Crippen LogP contribution in [0.2, 0.25) is 0 Å². The molecule has 0 aromatic heterocycles. The molecule has 1 aliphatic heterocycles.